The highest BCUT2D eigenvalue weighted by Crippen LogP contribution is 2.43. The SMILES string of the molecule is CC/C=C\C/C=C\C/C=C\C/C=C\C/C=C\CCCCCCCCCCCCCC(=O)NC(COP(=O)(O)OCC[N+](C)(C)C)C(/C=C/CCCCCCCCCCC)OC(=O)CCCCCCCCCCCCCC/C=C\C/C=C\C/C=C\CCCCC. The highest BCUT2D eigenvalue weighted by molar-refractivity contribution is 7.47. The molecule has 89 heavy (non-hydrogen) atoms. The van der Waals surface area contributed by atoms with Gasteiger partial charge in [0.1, 0.15) is 19.3 Å². The first-order chi connectivity index (χ1) is 43.4. The van der Waals surface area contributed by atoms with Crippen molar-refractivity contribution in [3.8, 4) is 0 Å². The van der Waals surface area contributed by atoms with Crippen LogP contribution in [0.2, 0.25) is 0 Å². The van der Waals surface area contributed by atoms with E-state index >= 15 is 0 Å². The van der Waals surface area contributed by atoms with Gasteiger partial charge in [-0.3, -0.25) is 18.6 Å². The summed E-state index contributed by atoms with van der Waals surface area (Å²) < 4.78 is 30.9. The molecular formula is C79H142N2O7P+. The summed E-state index contributed by atoms with van der Waals surface area (Å²) in [6.45, 7) is 6.89. The summed E-state index contributed by atoms with van der Waals surface area (Å²) in [5, 5.41) is 3.07. The number of ether oxygens (including phenoxy) is 1. The van der Waals surface area contributed by atoms with Gasteiger partial charge in [-0.2, -0.15) is 0 Å². The highest BCUT2D eigenvalue weighted by atomic mass is 31.2. The number of allylic oxidation sites excluding steroid dienone is 17. The number of likely N-dealkylation sites (N-methyl/N-ethyl adjacent to an activating group) is 1. The van der Waals surface area contributed by atoms with Crippen LogP contribution in [0.4, 0.5) is 0 Å². The molecule has 0 aromatic carbocycles. The molecule has 0 saturated heterocycles. The van der Waals surface area contributed by atoms with Gasteiger partial charge in [0.25, 0.3) is 0 Å². The summed E-state index contributed by atoms with van der Waals surface area (Å²) in [5.41, 5.74) is 0. The summed E-state index contributed by atoms with van der Waals surface area (Å²) in [6, 6.07) is -0.858. The van der Waals surface area contributed by atoms with E-state index in [4.69, 9.17) is 13.8 Å². The number of amides is 1. The lowest BCUT2D eigenvalue weighted by molar-refractivity contribution is -0.870. The Morgan fingerprint density at radius 3 is 1.10 bits per heavy atom. The maximum Gasteiger partial charge on any atom is 0.472 e. The van der Waals surface area contributed by atoms with Gasteiger partial charge in [-0.15, -0.1) is 0 Å². The zero-order valence-corrected chi connectivity index (χ0v) is 59.8. The fourth-order valence-electron chi connectivity index (χ4n) is 10.5. The van der Waals surface area contributed by atoms with Crippen molar-refractivity contribution in [1.29, 1.82) is 0 Å². The third kappa shape index (κ3) is 68.9. The number of quaternary nitrogens is 1. The molecule has 0 aromatic rings. The predicted octanol–water partition coefficient (Wildman–Crippen LogP) is 24.0. The van der Waals surface area contributed by atoms with E-state index in [0.717, 1.165) is 103 Å². The van der Waals surface area contributed by atoms with Gasteiger partial charge in [-0.1, -0.05) is 310 Å². The molecule has 3 unspecified atom stereocenters. The van der Waals surface area contributed by atoms with E-state index in [1.165, 1.54) is 193 Å². The van der Waals surface area contributed by atoms with Gasteiger partial charge in [0.2, 0.25) is 5.91 Å². The Kier molecular flexibility index (Phi) is 65.0. The van der Waals surface area contributed by atoms with Gasteiger partial charge in [0, 0.05) is 12.8 Å². The Bertz CT molecular complexity index is 1890. The molecule has 1 amide bonds. The Balaban J connectivity index is 4.97. The van der Waals surface area contributed by atoms with Crippen molar-refractivity contribution in [2.45, 2.75) is 341 Å². The van der Waals surface area contributed by atoms with E-state index in [9.17, 15) is 19.0 Å². The van der Waals surface area contributed by atoms with Crippen LogP contribution in [0, 0.1) is 0 Å². The van der Waals surface area contributed by atoms with Crippen LogP contribution in [0.3, 0.4) is 0 Å². The molecule has 0 saturated carbocycles. The van der Waals surface area contributed by atoms with Crippen molar-refractivity contribution in [1.82, 2.24) is 5.32 Å². The number of phosphoric acid groups is 1. The van der Waals surface area contributed by atoms with Crippen LogP contribution < -0.4 is 5.32 Å². The first-order valence-electron chi connectivity index (χ1n) is 37.2. The van der Waals surface area contributed by atoms with Gasteiger partial charge in [-0.25, -0.2) is 4.57 Å². The molecule has 0 heterocycles. The fourth-order valence-corrected chi connectivity index (χ4v) is 11.2. The summed E-state index contributed by atoms with van der Waals surface area (Å²) in [7, 11) is 1.49. The Labute approximate surface area is 551 Å². The second kappa shape index (κ2) is 67.6. The number of nitrogens with zero attached hydrogens (tertiary/aromatic N) is 1. The Morgan fingerprint density at radius 1 is 0.404 bits per heavy atom. The van der Waals surface area contributed by atoms with E-state index in [0.29, 0.717) is 17.4 Å². The van der Waals surface area contributed by atoms with Crippen LogP contribution in [0.5, 0.6) is 0 Å². The van der Waals surface area contributed by atoms with Crippen molar-refractivity contribution in [3.63, 3.8) is 0 Å². The monoisotopic (exact) mass is 1260 g/mol. The van der Waals surface area contributed by atoms with Crippen LogP contribution in [0.15, 0.2) is 109 Å². The lowest BCUT2D eigenvalue weighted by Crippen LogP contribution is -2.47. The van der Waals surface area contributed by atoms with E-state index in [1.807, 2.05) is 33.3 Å². The molecule has 0 rings (SSSR count). The average molecular weight is 1260 g/mol. The number of hydrogen-bond acceptors (Lipinski definition) is 6. The molecule has 514 valence electrons. The minimum absolute atomic E-state index is 0.0356. The number of nitrogens with one attached hydrogen (secondary N) is 1. The highest BCUT2D eigenvalue weighted by Gasteiger charge is 2.30. The summed E-state index contributed by atoms with van der Waals surface area (Å²) in [5.74, 6) is -0.507. The molecule has 2 N–H and O–H groups in total. The lowest BCUT2D eigenvalue weighted by Gasteiger charge is -2.27. The molecule has 0 spiro atoms. The largest absolute Gasteiger partial charge is 0.472 e. The average Bonchev–Trinajstić information content (AvgIpc) is 3.70. The van der Waals surface area contributed by atoms with Crippen molar-refractivity contribution in [3.05, 3.63) is 109 Å². The zero-order valence-electron chi connectivity index (χ0n) is 58.9. The van der Waals surface area contributed by atoms with Crippen LogP contribution in [-0.2, 0) is 27.9 Å². The van der Waals surface area contributed by atoms with E-state index in [1.54, 1.807) is 0 Å². The van der Waals surface area contributed by atoms with Crippen LogP contribution in [0.1, 0.15) is 329 Å². The minimum atomic E-state index is -4.46. The molecule has 3 atom stereocenters. The van der Waals surface area contributed by atoms with Crippen molar-refractivity contribution in [2.75, 3.05) is 40.9 Å². The summed E-state index contributed by atoms with van der Waals surface area (Å²) in [4.78, 5) is 37.9. The topological polar surface area (TPSA) is 111 Å². The van der Waals surface area contributed by atoms with Crippen LogP contribution in [0.25, 0.3) is 0 Å². The molecule has 0 aromatic heterocycles. The van der Waals surface area contributed by atoms with Crippen LogP contribution in [-0.4, -0.2) is 74.3 Å². The second-order valence-electron chi connectivity index (χ2n) is 26.1. The number of esters is 1. The normalized spacial score (nSPS) is 14.1. The molecule has 9 nitrogen and oxygen atoms in total. The Morgan fingerprint density at radius 2 is 0.719 bits per heavy atom. The molecule has 0 bridgehead atoms. The van der Waals surface area contributed by atoms with Gasteiger partial charge in [-0.05, 0) is 115 Å². The predicted molar refractivity (Wildman–Crippen MR) is 387 cm³/mol. The number of hydrogen-bond donors (Lipinski definition) is 2. The molecule has 0 radical (unpaired) electrons. The third-order valence-electron chi connectivity index (χ3n) is 16.2. The Hall–Kier alpha value is -3.33. The van der Waals surface area contributed by atoms with Crippen LogP contribution >= 0.6 is 7.82 Å². The number of carbonyl (C=O) groups excluding carboxylic acids is 2. The number of carbonyl (C=O) groups is 2. The van der Waals surface area contributed by atoms with Crippen molar-refractivity contribution >= 4 is 19.7 Å². The van der Waals surface area contributed by atoms with Gasteiger partial charge in [0.15, 0.2) is 0 Å². The van der Waals surface area contributed by atoms with Crippen molar-refractivity contribution < 1.29 is 37.3 Å². The fraction of sp³-hybridized carbons (Fsp3) is 0.747. The smallest absolute Gasteiger partial charge is 0.456 e. The third-order valence-corrected chi connectivity index (χ3v) is 17.2. The van der Waals surface area contributed by atoms with Gasteiger partial charge in [0.05, 0.1) is 33.8 Å². The standard InChI is InChI=1S/C79H141N2O7P/c1-7-10-13-16-19-22-25-27-29-31-33-35-37-39-40-42-43-45-47-49-51-53-56-59-62-65-68-71-78(82)80-76(75-87-89(84,85)86-74-73-81(4,5)6)77(70-67-64-61-58-55-24-21-18-15-12-9-3)88-79(83)72-69-66-63-60-57-54-52-50-48-46-44-41-38-36-34-32-30-28-26-23-20-17-14-11-8-2/h10,13,19-20,22-23,27-30,33-36,39-40,67,70,76-77H,7-9,11-12,14-18,21,24-26,31-32,37-38,41-66,68-69,71-75H2,1-6H3,(H-,80,82,84,85)/p+1/b13-10-,22-19-,23-20-,29-27-,30-28-,35-33-,36-34-,40-39-,70-67+. The molecule has 0 aliphatic heterocycles. The summed E-state index contributed by atoms with van der Waals surface area (Å²) in [6.07, 6.45) is 93.9. The second-order valence-corrected chi connectivity index (χ2v) is 27.5. The first-order valence-corrected chi connectivity index (χ1v) is 38.7. The molecular weight excluding hydrogens is 1120 g/mol. The first kappa shape index (κ1) is 85.7. The zero-order chi connectivity index (χ0) is 64.9. The number of rotatable bonds is 67. The molecule has 10 heteroatoms. The summed E-state index contributed by atoms with van der Waals surface area (Å²) >= 11 is 0. The van der Waals surface area contributed by atoms with E-state index in [2.05, 4.69) is 123 Å². The number of unbranched alkanes of at least 4 members (excludes halogenated alkanes) is 35. The minimum Gasteiger partial charge on any atom is -0.456 e. The van der Waals surface area contributed by atoms with Gasteiger partial charge >= 0.3 is 13.8 Å². The lowest BCUT2D eigenvalue weighted by atomic mass is 10.0. The van der Waals surface area contributed by atoms with E-state index in [-0.39, 0.29) is 31.5 Å². The molecule has 0 aliphatic carbocycles. The quantitative estimate of drug-likeness (QED) is 0.0205. The number of phosphoric ester groups is 1. The maximum atomic E-state index is 13.6. The van der Waals surface area contributed by atoms with Crippen molar-refractivity contribution in [2.24, 2.45) is 0 Å². The van der Waals surface area contributed by atoms with Gasteiger partial charge < -0.3 is 19.4 Å². The maximum absolute atomic E-state index is 13.6. The molecule has 0 fully saturated rings. The van der Waals surface area contributed by atoms with E-state index < -0.39 is 20.0 Å². The molecule has 0 aliphatic rings.